The van der Waals surface area contributed by atoms with Gasteiger partial charge in [-0.1, -0.05) is 0 Å². The molecule has 0 spiro atoms. The minimum absolute atomic E-state index is 0.267. The van der Waals surface area contributed by atoms with Gasteiger partial charge in [0.1, 0.15) is 18.2 Å². The summed E-state index contributed by atoms with van der Waals surface area (Å²) in [5.74, 6) is -0.0329. The van der Waals surface area contributed by atoms with Crippen LogP contribution in [-0.4, -0.2) is 14.9 Å². The predicted octanol–water partition coefficient (Wildman–Crippen LogP) is 2.50. The van der Waals surface area contributed by atoms with Crippen LogP contribution < -0.4 is 4.74 Å². The third-order valence-electron chi connectivity index (χ3n) is 2.91. The number of aliphatic hydroxyl groups excluding tert-OH is 1. The first kappa shape index (κ1) is 13.5. The smallest absolute Gasteiger partial charge is 0.132 e. The molecule has 102 valence electrons. The van der Waals surface area contributed by atoms with Crippen molar-refractivity contribution in [3.05, 3.63) is 47.0 Å². The molecule has 19 heavy (non-hydrogen) atoms. The fraction of sp³-hybridized carbons (Fsp3) is 0.357. The topological polar surface area (TPSA) is 47.3 Å². The van der Waals surface area contributed by atoms with Gasteiger partial charge < -0.3 is 9.84 Å². The summed E-state index contributed by atoms with van der Waals surface area (Å²) in [5, 5.41) is 13.6. The molecule has 4 nitrogen and oxygen atoms in total. The van der Waals surface area contributed by atoms with Gasteiger partial charge in [-0.25, -0.2) is 4.39 Å². The number of halogens is 1. The summed E-state index contributed by atoms with van der Waals surface area (Å²) in [7, 11) is 1.84. The Bertz CT molecular complexity index is 579. The Morgan fingerprint density at radius 1 is 1.42 bits per heavy atom. The quantitative estimate of drug-likeness (QED) is 0.923. The van der Waals surface area contributed by atoms with Crippen molar-refractivity contribution in [2.45, 2.75) is 26.6 Å². The molecule has 1 atom stereocenters. The van der Waals surface area contributed by atoms with Crippen LogP contribution in [0.25, 0.3) is 0 Å². The molecular weight excluding hydrogens is 247 g/mol. The van der Waals surface area contributed by atoms with E-state index >= 15 is 0 Å². The van der Waals surface area contributed by atoms with E-state index in [0.717, 1.165) is 11.4 Å². The Hall–Kier alpha value is -1.88. The Balaban J connectivity index is 2.08. The third-order valence-corrected chi connectivity index (χ3v) is 2.91. The monoisotopic (exact) mass is 264 g/mol. The van der Waals surface area contributed by atoms with E-state index in [-0.39, 0.29) is 5.56 Å². The van der Waals surface area contributed by atoms with Crippen molar-refractivity contribution in [3.8, 4) is 5.75 Å². The predicted molar refractivity (Wildman–Crippen MR) is 69.3 cm³/mol. The highest BCUT2D eigenvalue weighted by molar-refractivity contribution is 5.30. The lowest BCUT2D eigenvalue weighted by Gasteiger charge is -2.10. The average molecular weight is 264 g/mol. The highest BCUT2D eigenvalue weighted by atomic mass is 19.1. The van der Waals surface area contributed by atoms with Crippen LogP contribution in [-0.2, 0) is 13.7 Å². The second-order valence-corrected chi connectivity index (χ2v) is 4.55. The maximum Gasteiger partial charge on any atom is 0.132 e. The fourth-order valence-electron chi connectivity index (χ4n) is 1.89. The SMILES string of the molecule is Cc1cc(COc2ccc(C(C)O)c(F)c2)n(C)n1. The Morgan fingerprint density at radius 2 is 2.16 bits per heavy atom. The zero-order valence-corrected chi connectivity index (χ0v) is 11.2. The maximum atomic E-state index is 13.7. The van der Waals surface area contributed by atoms with Gasteiger partial charge in [0.15, 0.2) is 0 Å². The molecule has 0 saturated carbocycles. The summed E-state index contributed by atoms with van der Waals surface area (Å²) in [6, 6.07) is 6.38. The lowest BCUT2D eigenvalue weighted by atomic mass is 10.1. The summed E-state index contributed by atoms with van der Waals surface area (Å²) in [4.78, 5) is 0. The number of rotatable bonds is 4. The Morgan fingerprint density at radius 3 is 2.68 bits per heavy atom. The molecular formula is C14H17FN2O2. The van der Waals surface area contributed by atoms with Gasteiger partial charge in [-0.05, 0) is 32.0 Å². The second kappa shape index (κ2) is 5.40. The molecule has 1 aromatic carbocycles. The summed E-state index contributed by atoms with van der Waals surface area (Å²) < 4.78 is 20.9. The molecule has 0 aliphatic rings. The summed E-state index contributed by atoms with van der Waals surface area (Å²) in [6.07, 6.45) is -0.825. The molecule has 1 heterocycles. The molecule has 0 amide bonds. The van der Waals surface area contributed by atoms with Crippen LogP contribution in [0.2, 0.25) is 0 Å². The van der Waals surface area contributed by atoms with E-state index in [0.29, 0.717) is 12.4 Å². The van der Waals surface area contributed by atoms with E-state index < -0.39 is 11.9 Å². The fourth-order valence-corrected chi connectivity index (χ4v) is 1.89. The van der Waals surface area contributed by atoms with Gasteiger partial charge in [0.2, 0.25) is 0 Å². The second-order valence-electron chi connectivity index (χ2n) is 4.55. The van der Waals surface area contributed by atoms with Gasteiger partial charge in [0.05, 0.1) is 17.5 Å². The first-order chi connectivity index (χ1) is 8.97. The van der Waals surface area contributed by atoms with Crippen LogP contribution in [0.3, 0.4) is 0 Å². The first-order valence-corrected chi connectivity index (χ1v) is 6.07. The lowest BCUT2D eigenvalue weighted by molar-refractivity contribution is 0.193. The molecule has 2 rings (SSSR count). The Kier molecular flexibility index (Phi) is 3.85. The van der Waals surface area contributed by atoms with E-state index in [1.54, 1.807) is 10.7 Å². The van der Waals surface area contributed by atoms with Crippen molar-refractivity contribution < 1.29 is 14.2 Å². The van der Waals surface area contributed by atoms with Crippen molar-refractivity contribution in [2.24, 2.45) is 7.05 Å². The van der Waals surface area contributed by atoms with Gasteiger partial charge in [-0.15, -0.1) is 0 Å². The average Bonchev–Trinajstić information content (AvgIpc) is 2.65. The number of nitrogens with zero attached hydrogens (tertiary/aromatic N) is 2. The van der Waals surface area contributed by atoms with Crippen molar-refractivity contribution in [2.75, 3.05) is 0 Å². The van der Waals surface area contributed by atoms with Crippen LogP contribution in [0.5, 0.6) is 5.75 Å². The van der Waals surface area contributed by atoms with Crippen molar-refractivity contribution in [3.63, 3.8) is 0 Å². The van der Waals surface area contributed by atoms with Gasteiger partial charge in [0.25, 0.3) is 0 Å². The maximum absolute atomic E-state index is 13.7. The van der Waals surface area contributed by atoms with E-state index in [9.17, 15) is 9.50 Å². The molecule has 2 aromatic rings. The molecule has 1 unspecified atom stereocenters. The number of hydrogen-bond donors (Lipinski definition) is 1. The lowest BCUT2D eigenvalue weighted by Crippen LogP contribution is -2.03. The van der Waals surface area contributed by atoms with Crippen molar-refractivity contribution >= 4 is 0 Å². The number of benzene rings is 1. The van der Waals surface area contributed by atoms with E-state index in [2.05, 4.69) is 5.10 Å². The zero-order valence-electron chi connectivity index (χ0n) is 11.2. The molecule has 0 aliphatic heterocycles. The summed E-state index contributed by atoms with van der Waals surface area (Å²) in [6.45, 7) is 3.75. The number of ether oxygens (including phenoxy) is 1. The van der Waals surface area contributed by atoms with Gasteiger partial charge in [-0.2, -0.15) is 5.10 Å². The molecule has 1 aromatic heterocycles. The van der Waals surface area contributed by atoms with Crippen LogP contribution in [0.4, 0.5) is 4.39 Å². The van der Waals surface area contributed by atoms with Gasteiger partial charge >= 0.3 is 0 Å². The van der Waals surface area contributed by atoms with Gasteiger partial charge in [-0.3, -0.25) is 4.68 Å². The molecule has 0 saturated heterocycles. The summed E-state index contributed by atoms with van der Waals surface area (Å²) in [5.41, 5.74) is 2.10. The van der Waals surface area contributed by atoms with Gasteiger partial charge in [0, 0.05) is 18.7 Å². The Labute approximate surface area is 111 Å². The van der Waals surface area contributed by atoms with E-state index in [4.69, 9.17) is 4.74 Å². The standard InChI is InChI=1S/C14H17FN2O2/c1-9-6-11(17(3)16-9)8-19-12-4-5-13(10(2)18)14(15)7-12/h4-7,10,18H,8H2,1-3H3. The summed E-state index contributed by atoms with van der Waals surface area (Å²) >= 11 is 0. The zero-order chi connectivity index (χ0) is 14.0. The molecule has 0 bridgehead atoms. The van der Waals surface area contributed by atoms with Crippen molar-refractivity contribution in [1.29, 1.82) is 0 Å². The number of aryl methyl sites for hydroxylation is 2. The number of aliphatic hydroxyl groups is 1. The molecule has 0 radical (unpaired) electrons. The van der Waals surface area contributed by atoms with Crippen LogP contribution in [0.15, 0.2) is 24.3 Å². The van der Waals surface area contributed by atoms with E-state index in [1.165, 1.54) is 19.1 Å². The third kappa shape index (κ3) is 3.12. The van der Waals surface area contributed by atoms with Crippen LogP contribution in [0, 0.1) is 12.7 Å². The molecule has 0 fully saturated rings. The van der Waals surface area contributed by atoms with Crippen molar-refractivity contribution in [1.82, 2.24) is 9.78 Å². The normalized spacial score (nSPS) is 12.5. The molecule has 1 N–H and O–H groups in total. The largest absolute Gasteiger partial charge is 0.487 e. The van der Waals surface area contributed by atoms with Crippen LogP contribution >= 0.6 is 0 Å². The minimum atomic E-state index is -0.825. The highest BCUT2D eigenvalue weighted by Gasteiger charge is 2.09. The minimum Gasteiger partial charge on any atom is -0.487 e. The number of aromatic nitrogens is 2. The van der Waals surface area contributed by atoms with E-state index in [1.807, 2.05) is 20.0 Å². The molecule has 5 heteroatoms. The first-order valence-electron chi connectivity index (χ1n) is 6.07. The molecule has 0 aliphatic carbocycles. The number of hydrogen-bond acceptors (Lipinski definition) is 3. The van der Waals surface area contributed by atoms with Crippen LogP contribution in [0.1, 0.15) is 30.0 Å². The highest BCUT2D eigenvalue weighted by Crippen LogP contribution is 2.22.